The third kappa shape index (κ3) is 2.28. The van der Waals surface area contributed by atoms with E-state index in [-0.39, 0.29) is 5.91 Å². The number of hydrogen-bond acceptors (Lipinski definition) is 1. The quantitative estimate of drug-likeness (QED) is 0.775. The molecule has 3 heteroatoms. The molecule has 4 aliphatic rings. The molecule has 1 aromatic carbocycles. The molecule has 4 aliphatic carbocycles. The second-order valence-electron chi connectivity index (χ2n) is 6.94. The Kier molecular flexibility index (Phi) is 3.28. The van der Waals surface area contributed by atoms with Crippen molar-refractivity contribution in [1.82, 2.24) is 5.32 Å². The van der Waals surface area contributed by atoms with Gasteiger partial charge in [0.1, 0.15) is 0 Å². The number of halogens is 1. The van der Waals surface area contributed by atoms with Gasteiger partial charge < -0.3 is 5.32 Å². The van der Waals surface area contributed by atoms with E-state index in [1.165, 1.54) is 32.1 Å². The summed E-state index contributed by atoms with van der Waals surface area (Å²) in [5, 5.41) is 3.36. The average molecular weight is 381 g/mol. The highest BCUT2D eigenvalue weighted by molar-refractivity contribution is 14.1. The fourth-order valence-corrected chi connectivity index (χ4v) is 5.57. The predicted molar refractivity (Wildman–Crippen MR) is 87.5 cm³/mol. The zero-order chi connectivity index (χ0) is 13.7. The lowest BCUT2D eigenvalue weighted by Crippen LogP contribution is -2.55. The van der Waals surface area contributed by atoms with Gasteiger partial charge in [0, 0.05) is 15.2 Å². The Morgan fingerprint density at radius 2 is 1.70 bits per heavy atom. The van der Waals surface area contributed by atoms with Crippen molar-refractivity contribution in [2.24, 2.45) is 23.7 Å². The molecule has 106 valence electrons. The van der Waals surface area contributed by atoms with Gasteiger partial charge in [0.2, 0.25) is 0 Å². The second kappa shape index (κ2) is 5.00. The number of carbonyl (C=O) groups excluding carboxylic acids is 1. The summed E-state index contributed by atoms with van der Waals surface area (Å²) in [5.74, 6) is 3.55. The van der Waals surface area contributed by atoms with Gasteiger partial charge >= 0.3 is 0 Å². The minimum absolute atomic E-state index is 0.126. The maximum Gasteiger partial charge on any atom is 0.251 e. The number of nitrogens with one attached hydrogen (secondary N) is 1. The third-order valence-electron chi connectivity index (χ3n) is 5.61. The molecule has 0 saturated heterocycles. The molecule has 0 heterocycles. The number of hydrogen-bond donors (Lipinski definition) is 1. The van der Waals surface area contributed by atoms with E-state index in [1.807, 2.05) is 24.3 Å². The Hall–Kier alpha value is -0.580. The molecule has 0 aromatic heterocycles. The summed E-state index contributed by atoms with van der Waals surface area (Å²) in [7, 11) is 0. The number of amides is 1. The Balaban J connectivity index is 1.50. The van der Waals surface area contributed by atoms with Crippen molar-refractivity contribution >= 4 is 28.5 Å². The van der Waals surface area contributed by atoms with Crippen molar-refractivity contribution < 1.29 is 4.79 Å². The van der Waals surface area contributed by atoms with Gasteiger partial charge in [-0.3, -0.25) is 4.79 Å². The SMILES string of the molecule is O=C(NC1C2CC3CC(C2)CC1C3)c1cccc(I)c1. The molecule has 4 saturated carbocycles. The zero-order valence-electron chi connectivity index (χ0n) is 11.5. The lowest BCUT2D eigenvalue weighted by Gasteiger charge is -2.54. The van der Waals surface area contributed by atoms with Crippen LogP contribution in [0, 0.1) is 27.2 Å². The lowest BCUT2D eigenvalue weighted by atomic mass is 9.54. The van der Waals surface area contributed by atoms with Crippen molar-refractivity contribution in [2.75, 3.05) is 0 Å². The Labute approximate surface area is 133 Å². The van der Waals surface area contributed by atoms with Crippen LogP contribution in [0.1, 0.15) is 42.5 Å². The van der Waals surface area contributed by atoms with Crippen LogP contribution in [-0.2, 0) is 0 Å². The van der Waals surface area contributed by atoms with E-state index in [0.29, 0.717) is 6.04 Å². The first-order valence-electron chi connectivity index (χ1n) is 7.75. The van der Waals surface area contributed by atoms with Gasteiger partial charge in [-0.25, -0.2) is 0 Å². The largest absolute Gasteiger partial charge is 0.349 e. The molecule has 0 atom stereocenters. The maximum absolute atomic E-state index is 12.5. The summed E-state index contributed by atoms with van der Waals surface area (Å²) in [6.07, 6.45) is 6.87. The minimum atomic E-state index is 0.126. The topological polar surface area (TPSA) is 29.1 Å². The van der Waals surface area contributed by atoms with Crippen LogP contribution in [0.4, 0.5) is 0 Å². The van der Waals surface area contributed by atoms with Crippen LogP contribution < -0.4 is 5.32 Å². The van der Waals surface area contributed by atoms with Crippen LogP contribution in [0.5, 0.6) is 0 Å². The summed E-state index contributed by atoms with van der Waals surface area (Å²) in [4.78, 5) is 12.5. The Morgan fingerprint density at radius 3 is 2.30 bits per heavy atom. The van der Waals surface area contributed by atoms with E-state index in [1.54, 1.807) is 0 Å². The third-order valence-corrected chi connectivity index (χ3v) is 6.28. The standard InChI is InChI=1S/C17H20INO/c18-15-3-1-2-12(9-15)17(20)19-16-13-5-10-4-11(7-13)8-14(16)6-10/h1-3,9-11,13-14,16H,4-8H2,(H,19,20). The monoisotopic (exact) mass is 381 g/mol. The van der Waals surface area contributed by atoms with Crippen LogP contribution in [-0.4, -0.2) is 11.9 Å². The molecular formula is C17H20INO. The molecule has 1 aromatic rings. The van der Waals surface area contributed by atoms with E-state index in [4.69, 9.17) is 0 Å². The van der Waals surface area contributed by atoms with E-state index in [9.17, 15) is 4.79 Å². The molecule has 0 radical (unpaired) electrons. The summed E-state index contributed by atoms with van der Waals surface area (Å²) in [5.41, 5.74) is 0.811. The van der Waals surface area contributed by atoms with Crippen LogP contribution >= 0.6 is 22.6 Å². The molecule has 5 rings (SSSR count). The molecule has 1 amide bonds. The summed E-state index contributed by atoms with van der Waals surface area (Å²) < 4.78 is 1.13. The van der Waals surface area contributed by atoms with Gasteiger partial charge in [0.15, 0.2) is 0 Å². The van der Waals surface area contributed by atoms with Gasteiger partial charge in [-0.1, -0.05) is 6.07 Å². The first kappa shape index (κ1) is 13.1. The molecule has 4 fully saturated rings. The summed E-state index contributed by atoms with van der Waals surface area (Å²) in [6, 6.07) is 8.33. The molecular weight excluding hydrogens is 361 g/mol. The van der Waals surface area contributed by atoms with Crippen molar-refractivity contribution in [3.63, 3.8) is 0 Å². The van der Waals surface area contributed by atoms with Crippen molar-refractivity contribution in [2.45, 2.75) is 38.1 Å². The zero-order valence-corrected chi connectivity index (χ0v) is 13.7. The summed E-state index contributed by atoms with van der Waals surface area (Å²) >= 11 is 2.26. The first-order valence-corrected chi connectivity index (χ1v) is 8.83. The number of rotatable bonds is 2. The van der Waals surface area contributed by atoms with Crippen molar-refractivity contribution in [3.05, 3.63) is 33.4 Å². The Bertz CT molecular complexity index is 514. The second-order valence-corrected chi connectivity index (χ2v) is 8.19. The molecule has 0 aliphatic heterocycles. The highest BCUT2D eigenvalue weighted by atomic mass is 127. The van der Waals surface area contributed by atoms with Gasteiger partial charge in [-0.05, 0) is 96.6 Å². The molecule has 1 N–H and O–H groups in total. The van der Waals surface area contributed by atoms with Crippen LogP contribution in [0.2, 0.25) is 0 Å². The van der Waals surface area contributed by atoms with E-state index >= 15 is 0 Å². The number of carbonyl (C=O) groups is 1. The van der Waals surface area contributed by atoms with Crippen LogP contribution in [0.25, 0.3) is 0 Å². The summed E-state index contributed by atoms with van der Waals surface area (Å²) in [6.45, 7) is 0. The van der Waals surface area contributed by atoms with Gasteiger partial charge in [0.25, 0.3) is 5.91 Å². The van der Waals surface area contributed by atoms with Gasteiger partial charge in [-0.2, -0.15) is 0 Å². The first-order chi connectivity index (χ1) is 9.69. The highest BCUT2D eigenvalue weighted by Crippen LogP contribution is 2.53. The van der Waals surface area contributed by atoms with Gasteiger partial charge in [0.05, 0.1) is 0 Å². The molecule has 2 nitrogen and oxygen atoms in total. The number of benzene rings is 1. The molecule has 4 bridgehead atoms. The molecule has 0 unspecified atom stereocenters. The van der Waals surface area contributed by atoms with E-state index in [2.05, 4.69) is 27.9 Å². The minimum Gasteiger partial charge on any atom is -0.349 e. The normalized spacial score (nSPS) is 38.0. The predicted octanol–water partition coefficient (Wildman–Crippen LogP) is 3.85. The lowest BCUT2D eigenvalue weighted by molar-refractivity contribution is -0.0119. The molecule has 0 spiro atoms. The van der Waals surface area contributed by atoms with Crippen LogP contribution in [0.3, 0.4) is 0 Å². The molecule has 20 heavy (non-hydrogen) atoms. The maximum atomic E-state index is 12.5. The van der Waals surface area contributed by atoms with Crippen molar-refractivity contribution in [3.8, 4) is 0 Å². The van der Waals surface area contributed by atoms with E-state index < -0.39 is 0 Å². The fraction of sp³-hybridized carbons (Fsp3) is 0.588. The fourth-order valence-electron chi connectivity index (χ4n) is 5.03. The van der Waals surface area contributed by atoms with Gasteiger partial charge in [-0.15, -0.1) is 0 Å². The average Bonchev–Trinajstić information content (AvgIpc) is 2.42. The highest BCUT2D eigenvalue weighted by Gasteiger charge is 2.48. The van der Waals surface area contributed by atoms with Crippen LogP contribution in [0.15, 0.2) is 24.3 Å². The smallest absolute Gasteiger partial charge is 0.251 e. The van der Waals surface area contributed by atoms with E-state index in [0.717, 1.165) is 32.8 Å². The van der Waals surface area contributed by atoms with Crippen molar-refractivity contribution in [1.29, 1.82) is 0 Å². The Morgan fingerprint density at radius 1 is 1.05 bits per heavy atom.